The summed E-state index contributed by atoms with van der Waals surface area (Å²) in [4.78, 5) is 4.27. The first-order valence-electron chi connectivity index (χ1n) is 4.69. The van der Waals surface area contributed by atoms with E-state index in [4.69, 9.17) is 5.73 Å². The van der Waals surface area contributed by atoms with Crippen molar-refractivity contribution >= 4 is 5.82 Å². The first-order chi connectivity index (χ1) is 6.24. The monoisotopic (exact) mass is 177 g/mol. The molecule has 1 aromatic heterocycles. The number of nitrogens with zero attached hydrogens (tertiary/aromatic N) is 1. The summed E-state index contributed by atoms with van der Waals surface area (Å²) in [7, 11) is 0. The molecule has 0 bridgehead atoms. The Kier molecular flexibility index (Phi) is 2.19. The molecule has 0 atom stereocenters. The Balaban J connectivity index is 1.91. The molecule has 1 aliphatic rings. The quantitative estimate of drug-likeness (QED) is 0.715. The predicted molar refractivity (Wildman–Crippen MR) is 53.6 cm³/mol. The molecule has 1 heterocycles. The van der Waals surface area contributed by atoms with Crippen LogP contribution in [-0.4, -0.2) is 17.1 Å². The van der Waals surface area contributed by atoms with Crippen LogP contribution in [0.1, 0.15) is 18.4 Å². The zero-order chi connectivity index (χ0) is 9.26. The van der Waals surface area contributed by atoms with Crippen molar-refractivity contribution in [1.82, 2.24) is 4.98 Å². The van der Waals surface area contributed by atoms with Gasteiger partial charge in [-0.2, -0.15) is 0 Å². The summed E-state index contributed by atoms with van der Waals surface area (Å²) >= 11 is 0. The third kappa shape index (κ3) is 1.98. The number of anilines is 1. The minimum Gasteiger partial charge on any atom is -0.367 e. The van der Waals surface area contributed by atoms with Gasteiger partial charge in [0, 0.05) is 18.3 Å². The van der Waals surface area contributed by atoms with Crippen LogP contribution in [0.15, 0.2) is 18.3 Å². The van der Waals surface area contributed by atoms with Gasteiger partial charge in [0.15, 0.2) is 0 Å². The molecule has 0 aromatic carbocycles. The molecule has 0 amide bonds. The minimum absolute atomic E-state index is 0.392. The van der Waals surface area contributed by atoms with E-state index >= 15 is 0 Å². The van der Waals surface area contributed by atoms with Crippen LogP contribution in [0.2, 0.25) is 0 Å². The second-order valence-electron chi connectivity index (χ2n) is 3.79. The van der Waals surface area contributed by atoms with Gasteiger partial charge in [-0.3, -0.25) is 0 Å². The molecule has 1 fully saturated rings. The predicted octanol–water partition coefficient (Wildman–Crippen LogP) is 1.29. The third-order valence-electron chi connectivity index (χ3n) is 2.44. The highest BCUT2D eigenvalue weighted by Gasteiger charge is 2.25. The molecule has 0 radical (unpaired) electrons. The van der Waals surface area contributed by atoms with Crippen molar-refractivity contribution in [2.24, 2.45) is 5.73 Å². The maximum Gasteiger partial charge on any atom is 0.126 e. The summed E-state index contributed by atoms with van der Waals surface area (Å²) in [6, 6.07) is 5.00. The summed E-state index contributed by atoms with van der Waals surface area (Å²) in [5.41, 5.74) is 6.88. The summed E-state index contributed by atoms with van der Waals surface area (Å²) in [6.07, 6.45) is 4.01. The van der Waals surface area contributed by atoms with E-state index in [1.165, 1.54) is 5.56 Å². The number of rotatable bonds is 2. The lowest BCUT2D eigenvalue weighted by atomic mass is 9.88. The molecule has 3 nitrogen and oxygen atoms in total. The highest BCUT2D eigenvalue weighted by Crippen LogP contribution is 2.21. The number of pyridine rings is 1. The molecular formula is C10H15N3. The van der Waals surface area contributed by atoms with Crippen molar-refractivity contribution in [2.75, 3.05) is 5.32 Å². The van der Waals surface area contributed by atoms with Gasteiger partial charge in [0.05, 0.1) is 0 Å². The fraction of sp³-hybridized carbons (Fsp3) is 0.500. The molecule has 2 rings (SSSR count). The lowest BCUT2D eigenvalue weighted by Gasteiger charge is -2.33. The minimum atomic E-state index is 0.392. The van der Waals surface area contributed by atoms with Crippen LogP contribution < -0.4 is 11.1 Å². The standard InChI is InChI=1S/C10H15N3/c1-7-2-3-10(12-6-7)13-9-4-8(11)5-9/h2-3,6,8-9H,4-5,11H2,1H3,(H,12,13)/t8-,9+. The molecule has 1 aliphatic carbocycles. The molecule has 3 N–H and O–H groups in total. The van der Waals surface area contributed by atoms with E-state index in [9.17, 15) is 0 Å². The normalized spacial score (nSPS) is 26.6. The van der Waals surface area contributed by atoms with Gasteiger partial charge in [-0.05, 0) is 31.4 Å². The van der Waals surface area contributed by atoms with Crippen molar-refractivity contribution in [3.63, 3.8) is 0 Å². The van der Waals surface area contributed by atoms with Gasteiger partial charge in [0.2, 0.25) is 0 Å². The van der Waals surface area contributed by atoms with Crippen molar-refractivity contribution in [3.05, 3.63) is 23.9 Å². The number of hydrogen-bond donors (Lipinski definition) is 2. The average Bonchev–Trinajstić information content (AvgIpc) is 2.06. The van der Waals surface area contributed by atoms with Crippen molar-refractivity contribution in [1.29, 1.82) is 0 Å². The highest BCUT2D eigenvalue weighted by atomic mass is 15.0. The van der Waals surface area contributed by atoms with E-state index in [-0.39, 0.29) is 0 Å². The van der Waals surface area contributed by atoms with Crippen molar-refractivity contribution in [3.8, 4) is 0 Å². The average molecular weight is 177 g/mol. The van der Waals surface area contributed by atoms with Crippen LogP contribution in [0, 0.1) is 6.92 Å². The van der Waals surface area contributed by atoms with Crippen LogP contribution in [0.5, 0.6) is 0 Å². The van der Waals surface area contributed by atoms with E-state index in [1.807, 2.05) is 19.2 Å². The maximum absolute atomic E-state index is 5.69. The molecule has 13 heavy (non-hydrogen) atoms. The summed E-state index contributed by atoms with van der Waals surface area (Å²) < 4.78 is 0. The van der Waals surface area contributed by atoms with E-state index in [0.29, 0.717) is 12.1 Å². The van der Waals surface area contributed by atoms with E-state index in [0.717, 1.165) is 18.7 Å². The maximum atomic E-state index is 5.69. The Labute approximate surface area is 78.4 Å². The largest absolute Gasteiger partial charge is 0.367 e. The van der Waals surface area contributed by atoms with Gasteiger partial charge < -0.3 is 11.1 Å². The first kappa shape index (κ1) is 8.51. The lowest BCUT2D eigenvalue weighted by molar-refractivity contribution is 0.373. The Morgan fingerprint density at radius 1 is 1.46 bits per heavy atom. The second kappa shape index (κ2) is 3.34. The molecule has 0 saturated heterocycles. The molecule has 0 spiro atoms. The Morgan fingerprint density at radius 2 is 2.23 bits per heavy atom. The Morgan fingerprint density at radius 3 is 2.77 bits per heavy atom. The third-order valence-corrected chi connectivity index (χ3v) is 2.44. The number of nitrogens with one attached hydrogen (secondary N) is 1. The van der Waals surface area contributed by atoms with Crippen molar-refractivity contribution < 1.29 is 0 Å². The highest BCUT2D eigenvalue weighted by molar-refractivity contribution is 5.37. The molecular weight excluding hydrogens is 162 g/mol. The number of aromatic nitrogens is 1. The summed E-state index contributed by atoms with van der Waals surface area (Å²) in [5, 5.41) is 3.34. The summed E-state index contributed by atoms with van der Waals surface area (Å²) in [5.74, 6) is 0.961. The van der Waals surface area contributed by atoms with Crippen LogP contribution >= 0.6 is 0 Å². The smallest absolute Gasteiger partial charge is 0.126 e. The Hall–Kier alpha value is -1.09. The molecule has 1 aromatic rings. The topological polar surface area (TPSA) is 50.9 Å². The van der Waals surface area contributed by atoms with Crippen LogP contribution in [0.3, 0.4) is 0 Å². The second-order valence-corrected chi connectivity index (χ2v) is 3.79. The van der Waals surface area contributed by atoms with Gasteiger partial charge in [0.25, 0.3) is 0 Å². The van der Waals surface area contributed by atoms with E-state index in [2.05, 4.69) is 16.4 Å². The fourth-order valence-electron chi connectivity index (χ4n) is 1.54. The van der Waals surface area contributed by atoms with Crippen LogP contribution in [0.25, 0.3) is 0 Å². The van der Waals surface area contributed by atoms with Gasteiger partial charge >= 0.3 is 0 Å². The van der Waals surface area contributed by atoms with Gasteiger partial charge in [-0.15, -0.1) is 0 Å². The zero-order valence-electron chi connectivity index (χ0n) is 7.83. The van der Waals surface area contributed by atoms with Crippen LogP contribution in [0.4, 0.5) is 5.82 Å². The zero-order valence-corrected chi connectivity index (χ0v) is 7.83. The number of nitrogens with two attached hydrogens (primary N) is 1. The van der Waals surface area contributed by atoms with Gasteiger partial charge in [0.1, 0.15) is 5.82 Å². The Bertz CT molecular complexity index is 275. The molecule has 0 unspecified atom stereocenters. The molecule has 0 aliphatic heterocycles. The van der Waals surface area contributed by atoms with Gasteiger partial charge in [-0.25, -0.2) is 4.98 Å². The number of hydrogen-bond acceptors (Lipinski definition) is 3. The summed E-state index contributed by atoms with van der Waals surface area (Å²) in [6.45, 7) is 2.04. The first-order valence-corrected chi connectivity index (χ1v) is 4.69. The van der Waals surface area contributed by atoms with Crippen LogP contribution in [-0.2, 0) is 0 Å². The van der Waals surface area contributed by atoms with E-state index in [1.54, 1.807) is 0 Å². The van der Waals surface area contributed by atoms with E-state index < -0.39 is 0 Å². The van der Waals surface area contributed by atoms with Gasteiger partial charge in [-0.1, -0.05) is 6.07 Å². The van der Waals surface area contributed by atoms with Crippen molar-refractivity contribution in [2.45, 2.75) is 31.8 Å². The SMILES string of the molecule is Cc1ccc(N[C@H]2C[C@@H](N)C2)nc1. The molecule has 70 valence electrons. The molecule has 1 saturated carbocycles. The number of aryl methyl sites for hydroxylation is 1. The molecule has 3 heteroatoms. The fourth-order valence-corrected chi connectivity index (χ4v) is 1.54. The lowest BCUT2D eigenvalue weighted by Crippen LogP contribution is -2.44.